The van der Waals surface area contributed by atoms with Gasteiger partial charge in [0.2, 0.25) is 47.3 Å². The number of rotatable bonds is 22. The summed E-state index contributed by atoms with van der Waals surface area (Å²) in [6, 6.07) is 10.2. The Hall–Kier alpha value is -7.98. The summed E-state index contributed by atoms with van der Waals surface area (Å²) < 4.78 is 27.7. The Morgan fingerprint density at radius 3 is 1.11 bits per heavy atom. The fraction of sp³-hybridized carbons (Fsp3) is 0.407. The number of nitrogens with zero attached hydrogens (tertiary/aromatic N) is 2. The van der Waals surface area contributed by atoms with Gasteiger partial charge in [-0.2, -0.15) is 0 Å². The first kappa shape index (κ1) is 58.9. The zero-order chi connectivity index (χ0) is 56.0. The Labute approximate surface area is 439 Å². The summed E-state index contributed by atoms with van der Waals surface area (Å²) in [6.45, 7) is 8.76. The fourth-order valence-corrected chi connectivity index (χ4v) is 8.81. The van der Waals surface area contributed by atoms with E-state index in [9.17, 15) is 57.4 Å². The number of piperazine rings is 1. The Kier molecular flexibility index (Phi) is 20.9. The van der Waals surface area contributed by atoms with Crippen LogP contribution in [-0.2, 0) is 64.0 Å². The molecule has 408 valence electrons. The van der Waals surface area contributed by atoms with E-state index in [2.05, 4.69) is 31.9 Å². The first-order valence-electron chi connectivity index (χ1n) is 24.8. The van der Waals surface area contributed by atoms with Gasteiger partial charge in [-0.1, -0.05) is 24.3 Å². The van der Waals surface area contributed by atoms with Crippen LogP contribution in [0, 0.1) is 39.3 Å². The second-order valence-electron chi connectivity index (χ2n) is 19.2. The molecule has 4 aromatic carbocycles. The Morgan fingerprint density at radius 2 is 0.803 bits per heavy atom. The predicted octanol–water partition coefficient (Wildman–Crippen LogP) is 0.417. The molecule has 0 unspecified atom stereocenters. The molecular weight excluding hydrogens is 987 g/mol. The Balaban J connectivity index is 1.16. The van der Waals surface area contributed by atoms with Crippen LogP contribution in [-0.4, -0.2) is 143 Å². The third-order valence-corrected chi connectivity index (χ3v) is 13.1. The number of benzene rings is 4. The summed E-state index contributed by atoms with van der Waals surface area (Å²) in [5.41, 5.74) is 17.9. The molecule has 22 heteroatoms. The van der Waals surface area contributed by atoms with Gasteiger partial charge in [0, 0.05) is 39.0 Å². The van der Waals surface area contributed by atoms with Crippen molar-refractivity contribution in [3.05, 3.63) is 129 Å². The minimum Gasteiger partial charge on any atom is -0.508 e. The van der Waals surface area contributed by atoms with Crippen molar-refractivity contribution in [1.82, 2.24) is 41.7 Å². The molecule has 0 aliphatic carbocycles. The highest BCUT2D eigenvalue weighted by Crippen LogP contribution is 2.23. The Morgan fingerprint density at radius 1 is 0.500 bits per heavy atom. The van der Waals surface area contributed by atoms with Crippen molar-refractivity contribution in [1.29, 1.82) is 0 Å². The van der Waals surface area contributed by atoms with Gasteiger partial charge in [0.1, 0.15) is 47.3 Å². The molecule has 0 radical (unpaired) electrons. The van der Waals surface area contributed by atoms with Crippen LogP contribution in [0.5, 0.6) is 11.5 Å². The van der Waals surface area contributed by atoms with E-state index in [1.54, 1.807) is 52.0 Å². The lowest BCUT2D eigenvalue weighted by Gasteiger charge is -2.38. The number of nitrogens with one attached hydrogen (secondary N) is 6. The standard InChI is InChI=1S/C54H68F2N10O10/c1-29-19-39(67)20-30(2)41(29)25-43(57)51(73)61-33(5)49(71)59-27-47(69)63-45(23-35-7-11-37(55)12-8-35)53(75)65-15-17-66(18-16-65)54(76)46(24-36-9-13-38(56)14-10-36)64-48(70)28-60-50(72)34(6)62-52(74)44(58)26-42-31(3)21-40(68)22-32(42)4/h7-14,19-22,33-34,43-46,67-68H,15-18,23-28,57-58H2,1-6H3,(H,59,71)(H,60,72)(H,61,73)(H,62,74)(H,63,69)(H,64,70)/t33-,34-,43+,44+,45+,46+/m1/s1. The molecule has 12 N–H and O–H groups in total. The first-order valence-corrected chi connectivity index (χ1v) is 24.8. The highest BCUT2D eigenvalue weighted by Gasteiger charge is 2.34. The SMILES string of the molecule is Cc1cc(O)cc(C)c1C[C@H](N)C(=O)N[C@H](C)C(=O)NCC(=O)N[C@@H](Cc1ccc(F)cc1)C(=O)N1CCN(C(=O)[C@H](Cc2ccc(F)cc2)NC(=O)CNC(=O)[C@@H](C)NC(=O)[C@@H](N)Cc2c(C)cc(O)cc2C)CC1. The second-order valence-corrected chi connectivity index (χ2v) is 19.2. The number of hydrogen-bond acceptors (Lipinski definition) is 12. The van der Waals surface area contributed by atoms with Crippen LogP contribution in [0.4, 0.5) is 8.78 Å². The smallest absolute Gasteiger partial charge is 0.245 e. The summed E-state index contributed by atoms with van der Waals surface area (Å²) in [5, 5.41) is 35.0. The van der Waals surface area contributed by atoms with E-state index in [1.165, 1.54) is 72.2 Å². The van der Waals surface area contributed by atoms with E-state index in [4.69, 9.17) is 11.5 Å². The van der Waals surface area contributed by atoms with Crippen LogP contribution in [0.15, 0.2) is 72.8 Å². The minimum absolute atomic E-state index is 0.00296. The number of aryl methyl sites for hydroxylation is 4. The summed E-state index contributed by atoms with van der Waals surface area (Å²) in [5.74, 6) is -6.10. The summed E-state index contributed by atoms with van der Waals surface area (Å²) in [6.07, 6.45) is 0.150. The highest BCUT2D eigenvalue weighted by molar-refractivity contribution is 5.95. The number of hydrogen-bond donors (Lipinski definition) is 10. The van der Waals surface area contributed by atoms with E-state index >= 15 is 0 Å². The predicted molar refractivity (Wildman–Crippen MR) is 277 cm³/mol. The van der Waals surface area contributed by atoms with Gasteiger partial charge in [-0.25, -0.2) is 8.78 Å². The van der Waals surface area contributed by atoms with Gasteiger partial charge in [0.15, 0.2) is 0 Å². The van der Waals surface area contributed by atoms with E-state index in [1.807, 2.05) is 0 Å². The lowest BCUT2D eigenvalue weighted by molar-refractivity contribution is -0.143. The molecular formula is C54H68F2N10O10. The van der Waals surface area contributed by atoms with Crippen LogP contribution in [0.25, 0.3) is 0 Å². The van der Waals surface area contributed by atoms with Crippen molar-refractivity contribution in [2.75, 3.05) is 39.3 Å². The van der Waals surface area contributed by atoms with Gasteiger partial charge in [0.25, 0.3) is 0 Å². The summed E-state index contributed by atoms with van der Waals surface area (Å²) in [4.78, 5) is 110. The molecule has 1 saturated heterocycles. The van der Waals surface area contributed by atoms with Crippen molar-refractivity contribution < 1.29 is 57.4 Å². The Bertz CT molecular complexity index is 2540. The van der Waals surface area contributed by atoms with E-state index in [0.717, 1.165) is 33.4 Å². The van der Waals surface area contributed by atoms with E-state index in [-0.39, 0.29) is 63.4 Å². The monoisotopic (exact) mass is 1050 g/mol. The van der Waals surface area contributed by atoms with E-state index < -0.39 is 108 Å². The number of carbonyl (C=O) groups is 8. The quantitative estimate of drug-likeness (QED) is 0.0513. The molecule has 6 atom stereocenters. The van der Waals surface area contributed by atoms with Gasteiger partial charge >= 0.3 is 0 Å². The number of aromatic hydroxyl groups is 2. The number of phenolic OH excluding ortho intramolecular Hbond substituents is 2. The van der Waals surface area contributed by atoms with Crippen LogP contribution in [0.1, 0.15) is 58.4 Å². The lowest BCUT2D eigenvalue weighted by atomic mass is 9.96. The summed E-state index contributed by atoms with van der Waals surface area (Å²) >= 11 is 0. The number of halogens is 2. The van der Waals surface area contributed by atoms with Crippen LogP contribution in [0.2, 0.25) is 0 Å². The zero-order valence-electron chi connectivity index (χ0n) is 43.4. The number of nitrogens with two attached hydrogens (primary N) is 2. The minimum atomic E-state index is -1.20. The largest absolute Gasteiger partial charge is 0.508 e. The lowest BCUT2D eigenvalue weighted by Crippen LogP contribution is -2.60. The molecule has 20 nitrogen and oxygen atoms in total. The zero-order valence-corrected chi connectivity index (χ0v) is 43.4. The van der Waals surface area contributed by atoms with E-state index in [0.29, 0.717) is 11.1 Å². The maximum atomic E-state index is 14.1. The molecule has 76 heavy (non-hydrogen) atoms. The van der Waals surface area contributed by atoms with Crippen LogP contribution < -0.4 is 43.4 Å². The van der Waals surface area contributed by atoms with Crippen LogP contribution in [0.3, 0.4) is 0 Å². The maximum absolute atomic E-state index is 14.1. The molecule has 4 aromatic rings. The number of carbonyl (C=O) groups excluding carboxylic acids is 8. The second kappa shape index (κ2) is 27.0. The van der Waals surface area contributed by atoms with Gasteiger partial charge in [0.05, 0.1) is 25.2 Å². The van der Waals surface area contributed by atoms with Gasteiger partial charge in [-0.05, 0) is 147 Å². The number of phenols is 2. The van der Waals surface area contributed by atoms with Crippen molar-refractivity contribution in [2.24, 2.45) is 11.5 Å². The van der Waals surface area contributed by atoms with Crippen molar-refractivity contribution in [3.63, 3.8) is 0 Å². The number of amides is 8. The van der Waals surface area contributed by atoms with Crippen molar-refractivity contribution in [2.45, 2.75) is 103 Å². The van der Waals surface area contributed by atoms with Gasteiger partial charge in [-0.15, -0.1) is 0 Å². The summed E-state index contributed by atoms with van der Waals surface area (Å²) in [7, 11) is 0. The van der Waals surface area contributed by atoms with Crippen molar-refractivity contribution in [3.8, 4) is 11.5 Å². The molecule has 0 aromatic heterocycles. The third-order valence-electron chi connectivity index (χ3n) is 13.1. The molecule has 8 amide bonds. The molecule has 1 fully saturated rings. The molecule has 1 aliphatic heterocycles. The van der Waals surface area contributed by atoms with Gasteiger partial charge < -0.3 is 63.4 Å². The first-order chi connectivity index (χ1) is 35.9. The molecule has 0 spiro atoms. The molecule has 1 heterocycles. The molecule has 0 bridgehead atoms. The normalized spacial score (nSPS) is 14.7. The van der Waals surface area contributed by atoms with Crippen molar-refractivity contribution >= 4 is 47.3 Å². The van der Waals surface area contributed by atoms with Gasteiger partial charge in [-0.3, -0.25) is 38.4 Å². The maximum Gasteiger partial charge on any atom is 0.245 e. The highest BCUT2D eigenvalue weighted by atomic mass is 19.1. The average molecular weight is 1060 g/mol. The fourth-order valence-electron chi connectivity index (χ4n) is 8.81. The van der Waals surface area contributed by atoms with Crippen LogP contribution >= 0.6 is 0 Å². The molecule has 0 saturated carbocycles. The third kappa shape index (κ3) is 17.0. The average Bonchev–Trinajstić information content (AvgIpc) is 3.37. The molecule has 1 aliphatic rings. The topological polar surface area (TPSA) is 308 Å². The molecule has 5 rings (SSSR count).